The van der Waals surface area contributed by atoms with Gasteiger partial charge in [-0.2, -0.15) is 0 Å². The summed E-state index contributed by atoms with van der Waals surface area (Å²) in [6.07, 6.45) is 0. The van der Waals surface area contributed by atoms with E-state index in [4.69, 9.17) is 4.74 Å². The standard InChI is InChI=1S/C17H17N3O2/c1-22-13-6-4-5-12(11-13)17(21)20-15-8-3-2-7-14(15)16-18-9-10-19-16/h2-8,11H,9-10H2,1H3,(H,18,19)(H,20,21). The summed E-state index contributed by atoms with van der Waals surface area (Å²) in [5.41, 5.74) is 2.19. The molecule has 0 atom stereocenters. The van der Waals surface area contributed by atoms with Gasteiger partial charge in [0, 0.05) is 17.7 Å². The van der Waals surface area contributed by atoms with E-state index in [0.29, 0.717) is 11.3 Å². The van der Waals surface area contributed by atoms with Crippen LogP contribution >= 0.6 is 0 Å². The molecule has 0 saturated heterocycles. The molecule has 1 aliphatic heterocycles. The molecule has 2 aromatic carbocycles. The molecule has 1 aliphatic rings. The van der Waals surface area contributed by atoms with E-state index in [1.54, 1.807) is 25.3 Å². The van der Waals surface area contributed by atoms with Crippen LogP contribution in [0.5, 0.6) is 5.75 Å². The third kappa shape index (κ3) is 2.93. The second-order valence-corrected chi connectivity index (χ2v) is 4.89. The van der Waals surface area contributed by atoms with Crippen LogP contribution in [0.1, 0.15) is 15.9 Å². The number of benzene rings is 2. The van der Waals surface area contributed by atoms with Gasteiger partial charge in [0.05, 0.1) is 19.3 Å². The van der Waals surface area contributed by atoms with Crippen molar-refractivity contribution in [2.24, 2.45) is 4.99 Å². The van der Waals surface area contributed by atoms with E-state index >= 15 is 0 Å². The molecule has 2 aromatic rings. The molecule has 112 valence electrons. The third-order valence-electron chi connectivity index (χ3n) is 3.44. The van der Waals surface area contributed by atoms with Crippen molar-refractivity contribution < 1.29 is 9.53 Å². The van der Waals surface area contributed by atoms with Gasteiger partial charge in [0.25, 0.3) is 5.91 Å². The molecule has 0 aromatic heterocycles. The first-order valence-corrected chi connectivity index (χ1v) is 7.11. The molecular formula is C17H17N3O2. The minimum Gasteiger partial charge on any atom is -0.497 e. The summed E-state index contributed by atoms with van der Waals surface area (Å²) in [6, 6.07) is 14.7. The Labute approximate surface area is 129 Å². The van der Waals surface area contributed by atoms with Crippen molar-refractivity contribution in [1.82, 2.24) is 5.32 Å². The fourth-order valence-electron chi connectivity index (χ4n) is 2.34. The number of para-hydroxylation sites is 1. The maximum absolute atomic E-state index is 12.4. The van der Waals surface area contributed by atoms with E-state index in [9.17, 15) is 4.79 Å². The first kappa shape index (κ1) is 14.1. The number of nitrogens with one attached hydrogen (secondary N) is 2. The van der Waals surface area contributed by atoms with Crippen molar-refractivity contribution in [3.8, 4) is 5.75 Å². The monoisotopic (exact) mass is 295 g/mol. The summed E-state index contributed by atoms with van der Waals surface area (Å²) in [7, 11) is 1.58. The zero-order valence-electron chi connectivity index (χ0n) is 12.3. The van der Waals surface area contributed by atoms with Gasteiger partial charge in [-0.1, -0.05) is 18.2 Å². The van der Waals surface area contributed by atoms with Crippen LogP contribution in [0.4, 0.5) is 5.69 Å². The fraction of sp³-hybridized carbons (Fsp3) is 0.176. The molecule has 2 N–H and O–H groups in total. The number of methoxy groups -OCH3 is 1. The molecule has 1 amide bonds. The molecule has 0 spiro atoms. The van der Waals surface area contributed by atoms with Gasteiger partial charge in [-0.15, -0.1) is 0 Å². The number of hydrogen-bond acceptors (Lipinski definition) is 4. The number of carbonyl (C=O) groups excluding carboxylic acids is 1. The number of ether oxygens (including phenoxy) is 1. The third-order valence-corrected chi connectivity index (χ3v) is 3.44. The molecule has 0 radical (unpaired) electrons. The highest BCUT2D eigenvalue weighted by Crippen LogP contribution is 2.19. The number of anilines is 1. The van der Waals surface area contributed by atoms with Gasteiger partial charge in [-0.3, -0.25) is 9.79 Å². The predicted octanol–water partition coefficient (Wildman–Crippen LogP) is 2.30. The lowest BCUT2D eigenvalue weighted by atomic mass is 10.1. The maximum Gasteiger partial charge on any atom is 0.255 e. The number of hydrogen-bond donors (Lipinski definition) is 2. The lowest BCUT2D eigenvalue weighted by Crippen LogP contribution is -2.22. The predicted molar refractivity (Wildman–Crippen MR) is 86.8 cm³/mol. The molecule has 0 bridgehead atoms. The number of nitrogens with zero attached hydrogens (tertiary/aromatic N) is 1. The second-order valence-electron chi connectivity index (χ2n) is 4.89. The Balaban J connectivity index is 1.85. The van der Waals surface area contributed by atoms with E-state index in [2.05, 4.69) is 15.6 Å². The Kier molecular flexibility index (Phi) is 4.05. The van der Waals surface area contributed by atoms with Gasteiger partial charge < -0.3 is 15.4 Å². The normalized spacial score (nSPS) is 13.2. The van der Waals surface area contributed by atoms with Crippen molar-refractivity contribution in [1.29, 1.82) is 0 Å². The van der Waals surface area contributed by atoms with E-state index in [1.807, 2.05) is 30.3 Å². The lowest BCUT2D eigenvalue weighted by molar-refractivity contribution is 0.102. The first-order chi connectivity index (χ1) is 10.8. The van der Waals surface area contributed by atoms with Crippen molar-refractivity contribution >= 4 is 17.4 Å². The van der Waals surface area contributed by atoms with Crippen molar-refractivity contribution in [2.75, 3.05) is 25.5 Å². The van der Waals surface area contributed by atoms with Crippen LogP contribution in [0.2, 0.25) is 0 Å². The first-order valence-electron chi connectivity index (χ1n) is 7.11. The topological polar surface area (TPSA) is 62.7 Å². The zero-order chi connectivity index (χ0) is 15.4. The van der Waals surface area contributed by atoms with Gasteiger partial charge in [0.15, 0.2) is 0 Å². The molecule has 22 heavy (non-hydrogen) atoms. The van der Waals surface area contributed by atoms with Gasteiger partial charge in [0.2, 0.25) is 0 Å². The van der Waals surface area contributed by atoms with Crippen LogP contribution in [0.3, 0.4) is 0 Å². The van der Waals surface area contributed by atoms with Gasteiger partial charge >= 0.3 is 0 Å². The summed E-state index contributed by atoms with van der Waals surface area (Å²) in [5, 5.41) is 6.16. The Morgan fingerprint density at radius 3 is 2.86 bits per heavy atom. The highest BCUT2D eigenvalue weighted by atomic mass is 16.5. The molecule has 0 aliphatic carbocycles. The van der Waals surface area contributed by atoms with Gasteiger partial charge in [-0.25, -0.2) is 0 Å². The summed E-state index contributed by atoms with van der Waals surface area (Å²) in [5.74, 6) is 1.30. The molecule has 0 saturated carbocycles. The van der Waals surface area contributed by atoms with Crippen LogP contribution in [-0.2, 0) is 0 Å². The number of carbonyl (C=O) groups is 1. The summed E-state index contributed by atoms with van der Waals surface area (Å²) >= 11 is 0. The number of aliphatic imine (C=N–C) groups is 1. The number of amidine groups is 1. The molecule has 5 nitrogen and oxygen atoms in total. The van der Waals surface area contributed by atoms with Gasteiger partial charge in [0.1, 0.15) is 11.6 Å². The van der Waals surface area contributed by atoms with Gasteiger partial charge in [-0.05, 0) is 30.3 Å². The largest absolute Gasteiger partial charge is 0.497 e. The summed E-state index contributed by atoms with van der Waals surface area (Å²) < 4.78 is 5.15. The highest BCUT2D eigenvalue weighted by Gasteiger charge is 2.14. The average Bonchev–Trinajstić information content (AvgIpc) is 3.09. The zero-order valence-corrected chi connectivity index (χ0v) is 12.3. The van der Waals surface area contributed by atoms with Crippen molar-refractivity contribution in [2.45, 2.75) is 0 Å². The Bertz CT molecular complexity index is 725. The van der Waals surface area contributed by atoms with Crippen molar-refractivity contribution in [3.05, 3.63) is 59.7 Å². The molecule has 3 rings (SSSR count). The highest BCUT2D eigenvalue weighted by molar-refractivity contribution is 6.10. The maximum atomic E-state index is 12.4. The molecule has 0 unspecified atom stereocenters. The van der Waals surface area contributed by atoms with E-state index < -0.39 is 0 Å². The number of rotatable bonds is 4. The Morgan fingerprint density at radius 2 is 2.09 bits per heavy atom. The Morgan fingerprint density at radius 1 is 1.23 bits per heavy atom. The second kappa shape index (κ2) is 6.30. The van der Waals surface area contributed by atoms with Crippen LogP contribution in [-0.4, -0.2) is 31.9 Å². The minimum absolute atomic E-state index is 0.176. The number of amides is 1. The SMILES string of the molecule is COc1cccc(C(=O)Nc2ccccc2C2=NCCN2)c1. The average molecular weight is 295 g/mol. The molecule has 5 heteroatoms. The van der Waals surface area contributed by atoms with Crippen LogP contribution in [0.25, 0.3) is 0 Å². The van der Waals surface area contributed by atoms with E-state index in [1.165, 1.54) is 0 Å². The summed E-state index contributed by atoms with van der Waals surface area (Å²) in [6.45, 7) is 1.58. The van der Waals surface area contributed by atoms with Crippen molar-refractivity contribution in [3.63, 3.8) is 0 Å². The molecule has 1 heterocycles. The molecular weight excluding hydrogens is 278 g/mol. The Hall–Kier alpha value is -2.82. The van der Waals surface area contributed by atoms with Crippen LogP contribution < -0.4 is 15.4 Å². The lowest BCUT2D eigenvalue weighted by Gasteiger charge is -2.12. The summed E-state index contributed by atoms with van der Waals surface area (Å²) in [4.78, 5) is 16.8. The molecule has 0 fully saturated rings. The van der Waals surface area contributed by atoms with E-state index in [0.717, 1.165) is 30.2 Å². The smallest absolute Gasteiger partial charge is 0.255 e. The fourth-order valence-corrected chi connectivity index (χ4v) is 2.34. The van der Waals surface area contributed by atoms with E-state index in [-0.39, 0.29) is 5.91 Å². The van der Waals surface area contributed by atoms with Crippen LogP contribution in [0.15, 0.2) is 53.5 Å². The minimum atomic E-state index is -0.176. The van der Waals surface area contributed by atoms with Crippen LogP contribution in [0, 0.1) is 0 Å². The quantitative estimate of drug-likeness (QED) is 0.909.